The van der Waals surface area contributed by atoms with Gasteiger partial charge in [-0.1, -0.05) is 17.7 Å². The minimum absolute atomic E-state index is 0.206. The van der Waals surface area contributed by atoms with Crippen LogP contribution in [0.4, 0.5) is 0 Å². The Morgan fingerprint density at radius 3 is 2.19 bits per heavy atom. The number of hydrogen-bond acceptors (Lipinski definition) is 2. The maximum absolute atomic E-state index is 10.0. The molecule has 0 bridgehead atoms. The average molecular weight is 284 g/mol. The minimum atomic E-state index is -0.966. The Morgan fingerprint density at radius 1 is 1.44 bits per heavy atom. The van der Waals surface area contributed by atoms with E-state index in [1.165, 1.54) is 6.07 Å². The van der Waals surface area contributed by atoms with Gasteiger partial charge in [-0.25, -0.2) is 0 Å². The summed E-state index contributed by atoms with van der Waals surface area (Å²) in [5.41, 5.74) is 0. The molecule has 0 aromatic heterocycles. The van der Waals surface area contributed by atoms with E-state index in [1.54, 1.807) is 18.2 Å². The fourth-order valence-electron chi connectivity index (χ4n) is 0.957. The van der Waals surface area contributed by atoms with Gasteiger partial charge in [0.25, 0.3) is 0 Å². The molecular weight excluding hydrogens is 274 g/mol. The first-order valence-electron chi connectivity index (χ1n) is 4.38. The van der Waals surface area contributed by atoms with Crippen LogP contribution in [0.1, 0.15) is 6.42 Å². The summed E-state index contributed by atoms with van der Waals surface area (Å²) >= 11 is 16.3. The van der Waals surface area contributed by atoms with Crippen molar-refractivity contribution in [3.05, 3.63) is 29.3 Å². The largest absolute Gasteiger partial charge is 0.508 e. The number of alkyl halides is 2. The van der Waals surface area contributed by atoms with Crippen molar-refractivity contribution in [3.63, 3.8) is 0 Å². The Balaban J connectivity index is 0.000000160. The standard InChI is InChI=1S/C6H5ClO.C4H4Cl2O2/c7-5-2-1-3-6(8)4-5;5-4(6)1-2(4)3(7)8/h1-4,8H;2H,1H2,(H,7,8). The highest BCUT2D eigenvalue weighted by Gasteiger charge is 2.56. The number of phenolic OH excluding ortho intramolecular Hbond substituents is 1. The third kappa shape index (κ3) is 4.08. The Morgan fingerprint density at radius 2 is 2.00 bits per heavy atom. The molecule has 2 rings (SSSR count). The number of aromatic hydroxyl groups is 1. The summed E-state index contributed by atoms with van der Waals surface area (Å²) in [7, 11) is 0. The number of carbonyl (C=O) groups is 1. The van der Waals surface area contributed by atoms with Crippen molar-refractivity contribution in [3.8, 4) is 5.75 Å². The van der Waals surface area contributed by atoms with Crippen LogP contribution in [0.3, 0.4) is 0 Å². The van der Waals surface area contributed by atoms with Crippen LogP contribution in [0.2, 0.25) is 5.02 Å². The van der Waals surface area contributed by atoms with Crippen LogP contribution in [-0.4, -0.2) is 20.5 Å². The summed E-state index contributed by atoms with van der Waals surface area (Å²) in [5.74, 6) is -1.24. The molecule has 1 aromatic carbocycles. The number of halogens is 3. The topological polar surface area (TPSA) is 57.5 Å². The van der Waals surface area contributed by atoms with Crippen LogP contribution < -0.4 is 0 Å². The zero-order valence-electron chi connectivity index (χ0n) is 8.03. The summed E-state index contributed by atoms with van der Waals surface area (Å²) < 4.78 is -0.966. The van der Waals surface area contributed by atoms with E-state index in [9.17, 15) is 4.79 Å². The second-order valence-corrected chi connectivity index (χ2v) is 5.31. The van der Waals surface area contributed by atoms with Crippen LogP contribution >= 0.6 is 34.8 Å². The van der Waals surface area contributed by atoms with Crippen molar-refractivity contribution < 1.29 is 15.0 Å². The number of phenols is 1. The van der Waals surface area contributed by atoms with Crippen LogP contribution in [0.5, 0.6) is 5.75 Å². The number of rotatable bonds is 1. The molecule has 1 fully saturated rings. The van der Waals surface area contributed by atoms with Crippen LogP contribution in [0, 0.1) is 5.92 Å². The summed E-state index contributed by atoms with van der Waals surface area (Å²) in [4.78, 5) is 10.0. The van der Waals surface area contributed by atoms with Crippen molar-refractivity contribution in [2.24, 2.45) is 5.92 Å². The van der Waals surface area contributed by atoms with Gasteiger partial charge in [0, 0.05) is 5.02 Å². The lowest BCUT2D eigenvalue weighted by Gasteiger charge is -1.88. The first-order valence-corrected chi connectivity index (χ1v) is 5.51. The molecule has 0 radical (unpaired) electrons. The van der Waals surface area contributed by atoms with Gasteiger partial charge in [-0.15, -0.1) is 23.2 Å². The van der Waals surface area contributed by atoms with E-state index in [1.807, 2.05) is 0 Å². The number of hydrogen-bond donors (Lipinski definition) is 2. The maximum atomic E-state index is 10.0. The fraction of sp³-hybridized carbons (Fsp3) is 0.300. The Hall–Kier alpha value is -0.640. The molecule has 1 aromatic rings. The maximum Gasteiger partial charge on any atom is 0.309 e. The predicted octanol–water partition coefficient (Wildman–Crippen LogP) is 3.31. The predicted molar refractivity (Wildman–Crippen MR) is 63.3 cm³/mol. The van der Waals surface area contributed by atoms with Gasteiger partial charge >= 0.3 is 5.97 Å². The molecule has 1 aliphatic rings. The highest BCUT2D eigenvalue weighted by Crippen LogP contribution is 2.53. The van der Waals surface area contributed by atoms with Gasteiger partial charge < -0.3 is 10.2 Å². The van der Waals surface area contributed by atoms with E-state index >= 15 is 0 Å². The van der Waals surface area contributed by atoms with Crippen LogP contribution in [-0.2, 0) is 4.79 Å². The van der Waals surface area contributed by atoms with Gasteiger partial charge in [0.05, 0.1) is 5.92 Å². The number of carboxylic acids is 1. The number of aliphatic carboxylic acids is 1. The first kappa shape index (κ1) is 13.4. The zero-order chi connectivity index (χ0) is 12.3. The SMILES string of the molecule is O=C(O)C1CC1(Cl)Cl.Oc1cccc(Cl)c1. The highest BCUT2D eigenvalue weighted by molar-refractivity contribution is 6.52. The second-order valence-electron chi connectivity index (χ2n) is 3.34. The second kappa shape index (κ2) is 5.13. The molecule has 16 heavy (non-hydrogen) atoms. The zero-order valence-corrected chi connectivity index (χ0v) is 10.3. The fourth-order valence-corrected chi connectivity index (χ4v) is 1.64. The smallest absolute Gasteiger partial charge is 0.309 e. The van der Waals surface area contributed by atoms with E-state index in [2.05, 4.69) is 0 Å². The molecule has 2 N–H and O–H groups in total. The molecule has 0 amide bonds. The van der Waals surface area contributed by atoms with E-state index in [4.69, 9.17) is 45.0 Å². The van der Waals surface area contributed by atoms with Crippen LogP contribution in [0.15, 0.2) is 24.3 Å². The van der Waals surface area contributed by atoms with E-state index in [0.29, 0.717) is 11.4 Å². The molecule has 1 atom stereocenters. The van der Waals surface area contributed by atoms with E-state index < -0.39 is 16.2 Å². The third-order valence-electron chi connectivity index (χ3n) is 1.93. The molecular formula is C10H9Cl3O3. The van der Waals surface area contributed by atoms with Gasteiger partial charge in [0.1, 0.15) is 10.1 Å². The van der Waals surface area contributed by atoms with Crippen LogP contribution in [0.25, 0.3) is 0 Å². The molecule has 0 aliphatic heterocycles. The lowest BCUT2D eigenvalue weighted by atomic mass is 10.3. The van der Waals surface area contributed by atoms with E-state index in [0.717, 1.165) is 0 Å². The first-order chi connectivity index (χ1) is 7.33. The van der Waals surface area contributed by atoms with Crippen molar-refractivity contribution >= 4 is 40.8 Å². The Bertz CT molecular complexity index is 375. The van der Waals surface area contributed by atoms with E-state index in [-0.39, 0.29) is 5.75 Å². The van der Waals surface area contributed by atoms with Crippen molar-refractivity contribution in [2.45, 2.75) is 10.8 Å². The molecule has 1 aliphatic carbocycles. The summed E-state index contributed by atoms with van der Waals surface area (Å²) in [6, 6.07) is 6.46. The molecule has 3 nitrogen and oxygen atoms in total. The monoisotopic (exact) mass is 282 g/mol. The molecule has 0 saturated heterocycles. The van der Waals surface area contributed by atoms with Gasteiger partial charge in [0.15, 0.2) is 0 Å². The Labute approximate surface area is 108 Å². The van der Waals surface area contributed by atoms with Gasteiger partial charge in [-0.05, 0) is 24.6 Å². The molecule has 0 spiro atoms. The molecule has 0 heterocycles. The lowest BCUT2D eigenvalue weighted by molar-refractivity contribution is -0.138. The van der Waals surface area contributed by atoms with Gasteiger partial charge in [-0.3, -0.25) is 4.79 Å². The molecule has 1 unspecified atom stereocenters. The third-order valence-corrected chi connectivity index (χ3v) is 3.00. The van der Waals surface area contributed by atoms with Gasteiger partial charge in [0.2, 0.25) is 0 Å². The minimum Gasteiger partial charge on any atom is -0.508 e. The average Bonchev–Trinajstić information content (AvgIpc) is 2.76. The summed E-state index contributed by atoms with van der Waals surface area (Å²) in [5, 5.41) is 17.5. The highest BCUT2D eigenvalue weighted by atomic mass is 35.5. The van der Waals surface area contributed by atoms with Crippen molar-refractivity contribution in [1.29, 1.82) is 0 Å². The summed E-state index contributed by atoms with van der Waals surface area (Å²) in [6.45, 7) is 0. The molecule has 1 saturated carbocycles. The quantitative estimate of drug-likeness (QED) is 0.777. The van der Waals surface area contributed by atoms with Gasteiger partial charge in [-0.2, -0.15) is 0 Å². The number of carboxylic acid groups (broad SMARTS) is 1. The number of benzene rings is 1. The normalized spacial score (nSPS) is 20.6. The summed E-state index contributed by atoms with van der Waals surface area (Å²) in [6.07, 6.45) is 0.380. The molecule has 6 heteroatoms. The lowest BCUT2D eigenvalue weighted by Crippen LogP contribution is -2.03. The van der Waals surface area contributed by atoms with Crippen molar-refractivity contribution in [1.82, 2.24) is 0 Å². The van der Waals surface area contributed by atoms with Crippen molar-refractivity contribution in [2.75, 3.05) is 0 Å². The molecule has 88 valence electrons. The Kier molecular flexibility index (Phi) is 4.30.